The number of fused-ring (bicyclic) bond motifs is 1. The molecule has 0 bridgehead atoms. The number of halogens is 2. The molecule has 1 aliphatic rings. The number of pyridine rings is 1. The lowest BCUT2D eigenvalue weighted by Crippen LogP contribution is -2.28. The Balaban J connectivity index is 1.48. The van der Waals surface area contributed by atoms with Gasteiger partial charge in [0.25, 0.3) is 5.56 Å². The van der Waals surface area contributed by atoms with Gasteiger partial charge in [-0.1, -0.05) is 11.6 Å². The summed E-state index contributed by atoms with van der Waals surface area (Å²) in [5.41, 5.74) is 0.983. The van der Waals surface area contributed by atoms with E-state index < -0.39 is 5.82 Å². The molecule has 4 rings (SSSR count). The van der Waals surface area contributed by atoms with Crippen LogP contribution in [-0.4, -0.2) is 34.7 Å². The van der Waals surface area contributed by atoms with Gasteiger partial charge in [-0.25, -0.2) is 9.37 Å². The predicted molar refractivity (Wildman–Crippen MR) is 111 cm³/mol. The van der Waals surface area contributed by atoms with Crippen molar-refractivity contribution in [3.05, 3.63) is 63.2 Å². The molecule has 9 heteroatoms. The van der Waals surface area contributed by atoms with E-state index in [1.807, 2.05) is 0 Å². The standard InChI is InChI=1S/C21H22ClFN4O3/c22-16-9-14(1-2-17(16)23)30-12-19-26-20-15(21(28)27-19)3-6-25-18(20)11-24-10-13-4-7-29-8-5-13/h1-3,6,9,13,24H,4-5,7-8,10-12H2,(H,26,27,28). The van der Waals surface area contributed by atoms with Crippen LogP contribution < -0.4 is 15.6 Å². The average molecular weight is 433 g/mol. The van der Waals surface area contributed by atoms with E-state index in [1.165, 1.54) is 18.2 Å². The SMILES string of the molecule is O=c1[nH]c(COc2ccc(F)c(Cl)c2)nc2c(CNCC3CCOCC3)nccc12. The topological polar surface area (TPSA) is 89.1 Å². The van der Waals surface area contributed by atoms with E-state index in [0.29, 0.717) is 40.6 Å². The van der Waals surface area contributed by atoms with Gasteiger partial charge in [-0.05, 0) is 43.5 Å². The Morgan fingerprint density at radius 2 is 2.13 bits per heavy atom. The van der Waals surface area contributed by atoms with Gasteiger partial charge in [-0.2, -0.15) is 0 Å². The van der Waals surface area contributed by atoms with Gasteiger partial charge in [0.05, 0.1) is 16.1 Å². The molecule has 0 aliphatic carbocycles. The largest absolute Gasteiger partial charge is 0.486 e. The molecule has 3 aromatic rings. The van der Waals surface area contributed by atoms with Crippen molar-refractivity contribution in [2.75, 3.05) is 19.8 Å². The third kappa shape index (κ3) is 4.95. The van der Waals surface area contributed by atoms with Gasteiger partial charge in [0.1, 0.15) is 29.5 Å². The number of rotatable bonds is 7. The molecule has 2 aromatic heterocycles. The van der Waals surface area contributed by atoms with Crippen molar-refractivity contribution in [1.82, 2.24) is 20.3 Å². The number of aromatic amines is 1. The van der Waals surface area contributed by atoms with E-state index in [1.54, 1.807) is 12.3 Å². The summed E-state index contributed by atoms with van der Waals surface area (Å²) in [6.07, 6.45) is 3.70. The summed E-state index contributed by atoms with van der Waals surface area (Å²) >= 11 is 5.77. The number of hydrogen-bond acceptors (Lipinski definition) is 6. The van der Waals surface area contributed by atoms with Crippen molar-refractivity contribution in [1.29, 1.82) is 0 Å². The minimum atomic E-state index is -0.523. The van der Waals surface area contributed by atoms with Crippen LogP contribution in [-0.2, 0) is 17.9 Å². The molecule has 7 nitrogen and oxygen atoms in total. The maximum Gasteiger partial charge on any atom is 0.258 e. The first-order chi connectivity index (χ1) is 14.6. The van der Waals surface area contributed by atoms with Crippen molar-refractivity contribution in [3.8, 4) is 5.75 Å². The molecular formula is C21H22ClFN4O3. The molecular weight excluding hydrogens is 411 g/mol. The van der Waals surface area contributed by atoms with Crippen LogP contribution in [0, 0.1) is 11.7 Å². The van der Waals surface area contributed by atoms with Crippen LogP contribution in [0.4, 0.5) is 4.39 Å². The van der Waals surface area contributed by atoms with Gasteiger partial charge >= 0.3 is 0 Å². The number of ether oxygens (including phenoxy) is 2. The van der Waals surface area contributed by atoms with Crippen molar-refractivity contribution in [2.45, 2.75) is 26.0 Å². The second kappa shape index (κ2) is 9.51. The van der Waals surface area contributed by atoms with E-state index in [2.05, 4.69) is 20.3 Å². The number of nitrogens with zero attached hydrogens (tertiary/aromatic N) is 2. The second-order valence-corrected chi connectivity index (χ2v) is 7.62. The first-order valence-corrected chi connectivity index (χ1v) is 10.2. The van der Waals surface area contributed by atoms with Crippen LogP contribution in [0.3, 0.4) is 0 Å². The number of nitrogens with one attached hydrogen (secondary N) is 2. The summed E-state index contributed by atoms with van der Waals surface area (Å²) in [5.74, 6) is 0.794. The Labute approximate surface area is 177 Å². The van der Waals surface area contributed by atoms with Crippen LogP contribution in [0.5, 0.6) is 5.75 Å². The minimum Gasteiger partial charge on any atom is -0.486 e. The highest BCUT2D eigenvalue weighted by Crippen LogP contribution is 2.22. The Morgan fingerprint density at radius 1 is 1.30 bits per heavy atom. The molecule has 1 fully saturated rings. The van der Waals surface area contributed by atoms with Crippen molar-refractivity contribution >= 4 is 22.5 Å². The monoisotopic (exact) mass is 432 g/mol. The zero-order valence-electron chi connectivity index (χ0n) is 16.3. The number of benzene rings is 1. The molecule has 1 aromatic carbocycles. The molecule has 3 heterocycles. The smallest absolute Gasteiger partial charge is 0.258 e. The Morgan fingerprint density at radius 3 is 2.93 bits per heavy atom. The molecule has 1 aliphatic heterocycles. The quantitative estimate of drug-likeness (QED) is 0.596. The third-order valence-corrected chi connectivity index (χ3v) is 5.37. The zero-order valence-corrected chi connectivity index (χ0v) is 17.0. The van der Waals surface area contributed by atoms with Crippen LogP contribution in [0.25, 0.3) is 10.9 Å². The summed E-state index contributed by atoms with van der Waals surface area (Å²) in [6.45, 7) is 3.00. The van der Waals surface area contributed by atoms with Crippen molar-refractivity contribution in [2.24, 2.45) is 5.92 Å². The van der Waals surface area contributed by atoms with Crippen molar-refractivity contribution in [3.63, 3.8) is 0 Å². The molecule has 0 amide bonds. The van der Waals surface area contributed by atoms with E-state index in [-0.39, 0.29) is 17.2 Å². The van der Waals surface area contributed by atoms with E-state index in [9.17, 15) is 9.18 Å². The fourth-order valence-electron chi connectivity index (χ4n) is 3.43. The molecule has 0 spiro atoms. The zero-order chi connectivity index (χ0) is 20.9. The van der Waals surface area contributed by atoms with Gasteiger partial charge in [-0.3, -0.25) is 9.78 Å². The molecule has 0 radical (unpaired) electrons. The third-order valence-electron chi connectivity index (χ3n) is 5.08. The Kier molecular flexibility index (Phi) is 6.56. The summed E-state index contributed by atoms with van der Waals surface area (Å²) in [5, 5.41) is 3.86. The Bertz CT molecular complexity index is 1090. The fourth-order valence-corrected chi connectivity index (χ4v) is 3.60. The van der Waals surface area contributed by atoms with Gasteiger partial charge < -0.3 is 19.8 Å². The molecule has 1 saturated heterocycles. The Hall–Kier alpha value is -2.55. The highest BCUT2D eigenvalue weighted by molar-refractivity contribution is 6.30. The first kappa shape index (κ1) is 20.7. The van der Waals surface area contributed by atoms with Gasteiger partial charge in [0.2, 0.25) is 0 Å². The van der Waals surface area contributed by atoms with E-state index in [0.717, 1.165) is 32.6 Å². The average Bonchev–Trinajstić information content (AvgIpc) is 2.76. The van der Waals surface area contributed by atoms with Crippen molar-refractivity contribution < 1.29 is 13.9 Å². The lowest BCUT2D eigenvalue weighted by Gasteiger charge is -2.22. The van der Waals surface area contributed by atoms with Crippen LogP contribution >= 0.6 is 11.6 Å². The molecule has 30 heavy (non-hydrogen) atoms. The number of H-pyrrole nitrogens is 1. The maximum absolute atomic E-state index is 13.3. The highest BCUT2D eigenvalue weighted by atomic mass is 35.5. The second-order valence-electron chi connectivity index (χ2n) is 7.22. The maximum atomic E-state index is 13.3. The summed E-state index contributed by atoms with van der Waals surface area (Å²) in [4.78, 5) is 24.2. The summed E-state index contributed by atoms with van der Waals surface area (Å²) in [7, 11) is 0. The van der Waals surface area contributed by atoms with Gasteiger partial charge in [-0.15, -0.1) is 0 Å². The summed E-state index contributed by atoms with van der Waals surface area (Å²) < 4.78 is 24.3. The fraction of sp³-hybridized carbons (Fsp3) is 0.381. The number of aromatic nitrogens is 3. The van der Waals surface area contributed by atoms with Crippen LogP contribution in [0.1, 0.15) is 24.4 Å². The first-order valence-electron chi connectivity index (χ1n) is 9.83. The van der Waals surface area contributed by atoms with E-state index >= 15 is 0 Å². The van der Waals surface area contributed by atoms with Crippen LogP contribution in [0.15, 0.2) is 35.3 Å². The lowest BCUT2D eigenvalue weighted by molar-refractivity contribution is 0.0662. The highest BCUT2D eigenvalue weighted by Gasteiger charge is 2.14. The predicted octanol–water partition coefficient (Wildman–Crippen LogP) is 3.21. The lowest BCUT2D eigenvalue weighted by atomic mass is 10.0. The van der Waals surface area contributed by atoms with Crippen LogP contribution in [0.2, 0.25) is 5.02 Å². The molecule has 158 valence electrons. The molecule has 0 unspecified atom stereocenters. The number of hydrogen-bond donors (Lipinski definition) is 2. The molecule has 2 N–H and O–H groups in total. The molecule has 0 saturated carbocycles. The minimum absolute atomic E-state index is 0.0109. The van der Waals surface area contributed by atoms with Gasteiger partial charge in [0.15, 0.2) is 0 Å². The molecule has 0 atom stereocenters. The van der Waals surface area contributed by atoms with Gasteiger partial charge in [0, 0.05) is 32.0 Å². The summed E-state index contributed by atoms with van der Waals surface area (Å²) in [6, 6.07) is 5.71. The van der Waals surface area contributed by atoms with E-state index in [4.69, 9.17) is 21.1 Å². The normalized spacial score (nSPS) is 14.9.